The normalized spacial score (nSPS) is 30.0. The summed E-state index contributed by atoms with van der Waals surface area (Å²) in [5, 5.41) is 22.4. The zero-order valence-electron chi connectivity index (χ0n) is 18.4. The number of rotatable bonds is 5. The third-order valence-electron chi connectivity index (χ3n) is 6.77. The Morgan fingerprint density at radius 1 is 1.32 bits per heavy atom. The van der Waals surface area contributed by atoms with Crippen LogP contribution in [0.4, 0.5) is 10.3 Å². The van der Waals surface area contributed by atoms with Crippen molar-refractivity contribution in [2.75, 3.05) is 11.9 Å². The SMILES string of the molecule is C=N/C=C\c1cc(-c2cnc(N(C)[C@H]3C[C@]4(C)CC[C@@](C)(N4)[C@H]3F)nn2)c(O)cc1C. The number of alkyl halides is 1. The molecule has 4 atom stereocenters. The quantitative estimate of drug-likeness (QED) is 0.713. The molecule has 1 aromatic carbocycles. The van der Waals surface area contributed by atoms with E-state index in [0.717, 1.165) is 24.0 Å². The van der Waals surface area contributed by atoms with E-state index in [1.807, 2.05) is 33.0 Å². The zero-order valence-corrected chi connectivity index (χ0v) is 18.4. The van der Waals surface area contributed by atoms with Crippen LogP contribution in [0.3, 0.4) is 0 Å². The van der Waals surface area contributed by atoms with E-state index in [0.29, 0.717) is 23.6 Å². The first-order valence-electron chi connectivity index (χ1n) is 10.5. The average molecular weight is 425 g/mol. The van der Waals surface area contributed by atoms with E-state index in [1.54, 1.807) is 23.4 Å². The van der Waals surface area contributed by atoms with Gasteiger partial charge in [0.25, 0.3) is 0 Å². The van der Waals surface area contributed by atoms with Gasteiger partial charge in [-0.2, -0.15) is 0 Å². The van der Waals surface area contributed by atoms with Crippen molar-refractivity contribution in [2.24, 2.45) is 4.99 Å². The number of halogens is 1. The van der Waals surface area contributed by atoms with Gasteiger partial charge in [0.15, 0.2) is 0 Å². The number of aromatic hydroxyl groups is 1. The molecule has 0 aliphatic carbocycles. The Bertz CT molecular complexity index is 1030. The lowest BCUT2D eigenvalue weighted by molar-refractivity contribution is 0.0856. The molecule has 2 bridgehead atoms. The number of anilines is 1. The lowest BCUT2D eigenvalue weighted by Gasteiger charge is -2.47. The Hall–Kier alpha value is -2.87. The van der Waals surface area contributed by atoms with Crippen LogP contribution < -0.4 is 10.2 Å². The minimum atomic E-state index is -1.04. The molecule has 2 saturated heterocycles. The molecule has 2 aliphatic rings. The van der Waals surface area contributed by atoms with Crippen LogP contribution in [0.5, 0.6) is 5.75 Å². The fourth-order valence-electron chi connectivity index (χ4n) is 4.96. The van der Waals surface area contributed by atoms with Crippen molar-refractivity contribution in [3.8, 4) is 17.0 Å². The maximum Gasteiger partial charge on any atom is 0.245 e. The fourth-order valence-corrected chi connectivity index (χ4v) is 4.96. The highest BCUT2D eigenvalue weighted by Crippen LogP contribution is 2.45. The number of fused-ring (bicyclic) bond motifs is 2. The van der Waals surface area contributed by atoms with Crippen molar-refractivity contribution >= 4 is 18.7 Å². The number of phenolic OH excluding ortho intramolecular Hbond substituents is 1. The molecule has 4 rings (SSSR count). The number of piperidine rings is 1. The molecular weight excluding hydrogens is 395 g/mol. The van der Waals surface area contributed by atoms with E-state index >= 15 is 4.39 Å². The minimum absolute atomic E-state index is 0.0818. The molecule has 3 heterocycles. The monoisotopic (exact) mass is 424 g/mol. The Labute approximate surface area is 182 Å². The lowest BCUT2D eigenvalue weighted by atomic mass is 9.82. The van der Waals surface area contributed by atoms with Crippen LogP contribution >= 0.6 is 0 Å². The lowest BCUT2D eigenvalue weighted by Crippen LogP contribution is -2.65. The standard InChI is InChI=1S/C23H29FN6O/c1-14-10-19(31)16(11-15(14)6-9-25-4)17-13-26-21(28-27-17)30(5)18-12-22(2)7-8-23(3,29-22)20(18)24/h6,9-11,13,18,20,29,31H,4,7-8,12H2,1-3,5H3/b9-6-/t18-,20-,22-,23+/m0/s1. The number of hydrogen-bond acceptors (Lipinski definition) is 7. The van der Waals surface area contributed by atoms with Gasteiger partial charge in [0.2, 0.25) is 5.95 Å². The Morgan fingerprint density at radius 2 is 2.10 bits per heavy atom. The maximum atomic E-state index is 15.4. The van der Waals surface area contributed by atoms with Crippen molar-refractivity contribution in [1.82, 2.24) is 20.5 Å². The largest absolute Gasteiger partial charge is 0.507 e. The van der Waals surface area contributed by atoms with E-state index in [4.69, 9.17) is 0 Å². The summed E-state index contributed by atoms with van der Waals surface area (Å²) in [5.74, 6) is 0.463. The van der Waals surface area contributed by atoms with E-state index < -0.39 is 11.7 Å². The van der Waals surface area contributed by atoms with Crippen LogP contribution in [0, 0.1) is 6.92 Å². The number of nitrogens with zero attached hydrogens (tertiary/aromatic N) is 5. The molecule has 2 N–H and O–H groups in total. The summed E-state index contributed by atoms with van der Waals surface area (Å²) in [4.78, 5) is 9.97. The number of phenols is 1. The number of aryl methyl sites for hydroxylation is 1. The van der Waals surface area contributed by atoms with Gasteiger partial charge >= 0.3 is 0 Å². The predicted molar refractivity (Wildman–Crippen MR) is 121 cm³/mol. The molecule has 8 heteroatoms. The second kappa shape index (κ2) is 7.67. The van der Waals surface area contributed by atoms with E-state index in [1.165, 1.54) is 0 Å². The van der Waals surface area contributed by atoms with Crippen molar-refractivity contribution in [3.05, 3.63) is 35.7 Å². The van der Waals surface area contributed by atoms with Gasteiger partial charge in [-0.1, -0.05) is 0 Å². The molecule has 0 radical (unpaired) electrons. The maximum absolute atomic E-state index is 15.4. The van der Waals surface area contributed by atoms with Crippen LogP contribution in [0.15, 0.2) is 29.5 Å². The van der Waals surface area contributed by atoms with Crippen LogP contribution in [-0.2, 0) is 0 Å². The van der Waals surface area contributed by atoms with E-state index in [9.17, 15) is 5.11 Å². The first kappa shape index (κ1) is 21.4. The molecule has 0 unspecified atom stereocenters. The van der Waals surface area contributed by atoms with Crippen LogP contribution in [0.1, 0.15) is 44.2 Å². The number of aromatic nitrogens is 3. The van der Waals surface area contributed by atoms with Crippen LogP contribution in [-0.4, -0.2) is 57.3 Å². The topological polar surface area (TPSA) is 86.5 Å². The van der Waals surface area contributed by atoms with Crippen molar-refractivity contribution in [1.29, 1.82) is 0 Å². The van der Waals surface area contributed by atoms with Crippen molar-refractivity contribution in [3.63, 3.8) is 0 Å². The second-order valence-corrected chi connectivity index (χ2v) is 9.25. The Kier molecular flexibility index (Phi) is 5.29. The van der Waals surface area contributed by atoms with Gasteiger partial charge < -0.3 is 15.3 Å². The van der Waals surface area contributed by atoms with Crippen molar-refractivity contribution < 1.29 is 9.50 Å². The minimum Gasteiger partial charge on any atom is -0.507 e. The molecule has 2 aromatic rings. The number of hydrogen-bond donors (Lipinski definition) is 2. The summed E-state index contributed by atoms with van der Waals surface area (Å²) in [7, 11) is 1.82. The third-order valence-corrected chi connectivity index (χ3v) is 6.77. The molecule has 164 valence electrons. The molecule has 2 fully saturated rings. The summed E-state index contributed by atoms with van der Waals surface area (Å²) in [6.07, 6.45) is 6.37. The third kappa shape index (κ3) is 3.80. The van der Waals surface area contributed by atoms with Gasteiger partial charge in [-0.15, -0.1) is 10.2 Å². The molecule has 0 amide bonds. The molecule has 31 heavy (non-hydrogen) atoms. The first-order valence-corrected chi connectivity index (χ1v) is 10.5. The van der Waals surface area contributed by atoms with E-state index in [2.05, 4.69) is 39.1 Å². The molecule has 0 spiro atoms. The molecule has 0 saturated carbocycles. The summed E-state index contributed by atoms with van der Waals surface area (Å²) in [6.45, 7) is 9.45. The van der Waals surface area contributed by atoms with Gasteiger partial charge in [-0.3, -0.25) is 4.99 Å². The summed E-state index contributed by atoms with van der Waals surface area (Å²) in [5.41, 5.74) is 2.13. The molecule has 7 nitrogen and oxygen atoms in total. The smallest absolute Gasteiger partial charge is 0.245 e. The summed E-state index contributed by atoms with van der Waals surface area (Å²) < 4.78 is 15.4. The van der Waals surface area contributed by atoms with Gasteiger partial charge in [-0.05, 0) is 76.1 Å². The van der Waals surface area contributed by atoms with Gasteiger partial charge in [0.05, 0.1) is 12.2 Å². The van der Waals surface area contributed by atoms with E-state index in [-0.39, 0.29) is 17.3 Å². The Balaban J connectivity index is 1.60. The van der Waals surface area contributed by atoms with Crippen molar-refractivity contribution in [2.45, 2.75) is 63.3 Å². The first-order chi connectivity index (χ1) is 14.7. The summed E-state index contributed by atoms with van der Waals surface area (Å²) >= 11 is 0. The van der Waals surface area contributed by atoms with Crippen LogP contribution in [0.25, 0.3) is 17.3 Å². The summed E-state index contributed by atoms with van der Waals surface area (Å²) in [6, 6.07) is 3.15. The zero-order chi connectivity index (χ0) is 22.4. The Morgan fingerprint density at radius 3 is 2.77 bits per heavy atom. The van der Waals surface area contributed by atoms with Gasteiger partial charge in [0, 0.05) is 29.9 Å². The average Bonchev–Trinajstić information content (AvgIpc) is 3.02. The number of aliphatic imine (C=N–C) groups is 1. The predicted octanol–water partition coefficient (Wildman–Crippen LogP) is 3.67. The molecule has 1 aromatic heterocycles. The van der Waals surface area contributed by atoms with Gasteiger partial charge in [0.1, 0.15) is 17.6 Å². The highest BCUT2D eigenvalue weighted by molar-refractivity contribution is 5.72. The fraction of sp³-hybridized carbons (Fsp3) is 0.478. The molecule has 2 aliphatic heterocycles. The number of benzene rings is 1. The van der Waals surface area contributed by atoms with Crippen LogP contribution in [0.2, 0.25) is 0 Å². The number of nitrogens with one attached hydrogen (secondary N) is 1. The molecular formula is C23H29FN6O. The highest BCUT2D eigenvalue weighted by Gasteiger charge is 2.56. The highest BCUT2D eigenvalue weighted by atomic mass is 19.1. The second-order valence-electron chi connectivity index (χ2n) is 9.25. The van der Waals surface area contributed by atoms with Gasteiger partial charge in [-0.25, -0.2) is 9.37 Å².